The molecule has 0 saturated carbocycles. The second kappa shape index (κ2) is 6.40. The third-order valence-electron chi connectivity index (χ3n) is 3.58. The van der Waals surface area contributed by atoms with Gasteiger partial charge < -0.3 is 19.5 Å². The SMILES string of the molecule is C=C(C)CN1C(=O)C(C(C)C)Oc2c(OC)cc(CO)cc21. The quantitative estimate of drug-likeness (QED) is 0.849. The maximum absolute atomic E-state index is 12.7. The zero-order valence-electron chi connectivity index (χ0n) is 13.5. The predicted molar refractivity (Wildman–Crippen MR) is 85.3 cm³/mol. The summed E-state index contributed by atoms with van der Waals surface area (Å²) in [6, 6.07) is 3.49. The van der Waals surface area contributed by atoms with E-state index in [9.17, 15) is 9.90 Å². The van der Waals surface area contributed by atoms with Crippen LogP contribution in [-0.2, 0) is 11.4 Å². The highest BCUT2D eigenvalue weighted by Gasteiger charge is 2.38. The maximum atomic E-state index is 12.7. The zero-order valence-corrected chi connectivity index (χ0v) is 13.5. The summed E-state index contributed by atoms with van der Waals surface area (Å²) in [4.78, 5) is 14.4. The summed E-state index contributed by atoms with van der Waals surface area (Å²) in [5.74, 6) is 1.00. The van der Waals surface area contributed by atoms with E-state index in [2.05, 4.69) is 6.58 Å². The van der Waals surface area contributed by atoms with E-state index < -0.39 is 6.10 Å². The molecule has 1 aliphatic rings. The standard InChI is InChI=1S/C17H23NO4/c1-10(2)8-18-13-6-12(9-19)7-14(21-5)16(13)22-15(11(3)4)17(18)20/h6-7,11,15,19H,1,8-9H2,2-5H3. The number of carbonyl (C=O) groups excluding carboxylic acids is 1. The van der Waals surface area contributed by atoms with Gasteiger partial charge in [0.05, 0.1) is 19.4 Å². The summed E-state index contributed by atoms with van der Waals surface area (Å²) in [5, 5.41) is 9.42. The van der Waals surface area contributed by atoms with Gasteiger partial charge in [-0.1, -0.05) is 26.0 Å². The molecular formula is C17H23NO4. The molecule has 0 saturated heterocycles. The number of amides is 1. The highest BCUT2D eigenvalue weighted by Crippen LogP contribution is 2.44. The molecule has 0 radical (unpaired) electrons. The van der Waals surface area contributed by atoms with Crippen molar-refractivity contribution in [3.8, 4) is 11.5 Å². The molecule has 1 N–H and O–H groups in total. The number of ether oxygens (including phenoxy) is 2. The number of methoxy groups -OCH3 is 1. The third-order valence-corrected chi connectivity index (χ3v) is 3.58. The first-order valence-corrected chi connectivity index (χ1v) is 7.33. The minimum Gasteiger partial charge on any atom is -0.493 e. The molecule has 0 bridgehead atoms. The Morgan fingerprint density at radius 2 is 2.18 bits per heavy atom. The van der Waals surface area contributed by atoms with Gasteiger partial charge in [-0.25, -0.2) is 0 Å². The Bertz CT molecular complexity index is 595. The van der Waals surface area contributed by atoms with E-state index in [0.29, 0.717) is 29.3 Å². The molecule has 1 aliphatic heterocycles. The average Bonchev–Trinajstić information content (AvgIpc) is 2.47. The molecule has 22 heavy (non-hydrogen) atoms. The number of rotatable bonds is 5. The van der Waals surface area contributed by atoms with Crippen molar-refractivity contribution in [3.63, 3.8) is 0 Å². The van der Waals surface area contributed by atoms with Crippen molar-refractivity contribution in [1.29, 1.82) is 0 Å². The molecule has 0 fully saturated rings. The van der Waals surface area contributed by atoms with Gasteiger partial charge >= 0.3 is 0 Å². The maximum Gasteiger partial charge on any atom is 0.268 e. The Hall–Kier alpha value is -2.01. The number of fused-ring (bicyclic) bond motifs is 1. The summed E-state index contributed by atoms with van der Waals surface area (Å²) in [6.07, 6.45) is -0.555. The average molecular weight is 305 g/mol. The van der Waals surface area contributed by atoms with E-state index in [1.807, 2.05) is 20.8 Å². The van der Waals surface area contributed by atoms with E-state index in [1.165, 1.54) is 0 Å². The van der Waals surface area contributed by atoms with Crippen LogP contribution in [0.25, 0.3) is 0 Å². The highest BCUT2D eigenvalue weighted by molar-refractivity contribution is 6.01. The molecular weight excluding hydrogens is 282 g/mol. The molecule has 0 aliphatic carbocycles. The number of benzene rings is 1. The van der Waals surface area contributed by atoms with Crippen LogP contribution in [0.3, 0.4) is 0 Å². The normalized spacial score (nSPS) is 17.3. The fourth-order valence-electron chi connectivity index (χ4n) is 2.51. The third kappa shape index (κ3) is 2.95. The number of hydrogen-bond donors (Lipinski definition) is 1. The van der Waals surface area contributed by atoms with Gasteiger partial charge in [0.2, 0.25) is 0 Å². The van der Waals surface area contributed by atoms with Crippen molar-refractivity contribution < 1.29 is 19.4 Å². The molecule has 5 heteroatoms. The molecule has 0 spiro atoms. The Morgan fingerprint density at radius 1 is 1.50 bits per heavy atom. The highest BCUT2D eigenvalue weighted by atomic mass is 16.5. The number of aliphatic hydroxyl groups excluding tert-OH is 1. The van der Waals surface area contributed by atoms with Crippen LogP contribution in [0.2, 0.25) is 0 Å². The molecule has 2 rings (SSSR count). The summed E-state index contributed by atoms with van der Waals surface area (Å²) in [6.45, 7) is 9.94. The number of hydrogen-bond acceptors (Lipinski definition) is 4. The van der Waals surface area contributed by atoms with E-state index in [-0.39, 0.29) is 18.4 Å². The van der Waals surface area contributed by atoms with E-state index in [4.69, 9.17) is 9.47 Å². The molecule has 5 nitrogen and oxygen atoms in total. The molecule has 120 valence electrons. The minimum absolute atomic E-state index is 0.0375. The molecule has 0 aromatic heterocycles. The van der Waals surface area contributed by atoms with Gasteiger partial charge in [-0.3, -0.25) is 4.79 Å². The fourth-order valence-corrected chi connectivity index (χ4v) is 2.51. The van der Waals surface area contributed by atoms with Gasteiger partial charge in [0.25, 0.3) is 5.91 Å². The van der Waals surface area contributed by atoms with Crippen molar-refractivity contribution in [2.75, 3.05) is 18.6 Å². The Labute approximate surface area is 131 Å². The van der Waals surface area contributed by atoms with Gasteiger partial charge in [0, 0.05) is 6.54 Å². The fraction of sp³-hybridized carbons (Fsp3) is 0.471. The summed E-state index contributed by atoms with van der Waals surface area (Å²) < 4.78 is 11.3. The first-order chi connectivity index (χ1) is 10.4. The smallest absolute Gasteiger partial charge is 0.268 e. The molecule has 1 heterocycles. The Kier molecular flexibility index (Phi) is 4.76. The Morgan fingerprint density at radius 3 is 2.68 bits per heavy atom. The summed E-state index contributed by atoms with van der Waals surface area (Å²) >= 11 is 0. The molecule has 1 unspecified atom stereocenters. The first-order valence-electron chi connectivity index (χ1n) is 7.33. The number of anilines is 1. The summed E-state index contributed by atoms with van der Waals surface area (Å²) in [7, 11) is 1.55. The van der Waals surface area contributed by atoms with Crippen LogP contribution in [0.4, 0.5) is 5.69 Å². The van der Waals surface area contributed by atoms with Crippen molar-refractivity contribution in [1.82, 2.24) is 0 Å². The molecule has 1 aromatic carbocycles. The van der Waals surface area contributed by atoms with Gasteiger partial charge in [-0.15, -0.1) is 0 Å². The second-order valence-corrected chi connectivity index (χ2v) is 5.97. The lowest BCUT2D eigenvalue weighted by molar-refractivity contribution is -0.128. The van der Waals surface area contributed by atoms with Crippen LogP contribution in [0, 0.1) is 5.92 Å². The van der Waals surface area contributed by atoms with E-state index in [1.54, 1.807) is 24.1 Å². The summed E-state index contributed by atoms with van der Waals surface area (Å²) in [5.41, 5.74) is 2.16. The van der Waals surface area contributed by atoms with Gasteiger partial charge in [0.1, 0.15) is 0 Å². The van der Waals surface area contributed by atoms with Crippen LogP contribution in [0.5, 0.6) is 11.5 Å². The van der Waals surface area contributed by atoms with Crippen LogP contribution in [0.1, 0.15) is 26.3 Å². The van der Waals surface area contributed by atoms with Crippen LogP contribution in [-0.4, -0.2) is 30.8 Å². The number of nitrogens with zero attached hydrogens (tertiary/aromatic N) is 1. The lowest BCUT2D eigenvalue weighted by atomic mass is 10.0. The van der Waals surface area contributed by atoms with Crippen LogP contribution >= 0.6 is 0 Å². The lowest BCUT2D eigenvalue weighted by Crippen LogP contribution is -2.49. The van der Waals surface area contributed by atoms with Gasteiger partial charge in [0.15, 0.2) is 17.6 Å². The number of aliphatic hydroxyl groups is 1. The second-order valence-electron chi connectivity index (χ2n) is 5.97. The molecule has 1 amide bonds. The topological polar surface area (TPSA) is 59.0 Å². The minimum atomic E-state index is -0.555. The monoisotopic (exact) mass is 305 g/mol. The Balaban J connectivity index is 2.60. The van der Waals surface area contributed by atoms with Crippen molar-refractivity contribution in [3.05, 3.63) is 29.8 Å². The predicted octanol–water partition coefficient (Wildman–Crippen LogP) is 2.51. The van der Waals surface area contributed by atoms with Crippen molar-refractivity contribution in [2.24, 2.45) is 5.92 Å². The number of carbonyl (C=O) groups is 1. The van der Waals surface area contributed by atoms with Crippen LogP contribution < -0.4 is 14.4 Å². The molecule has 1 aromatic rings. The lowest BCUT2D eigenvalue weighted by Gasteiger charge is -2.37. The van der Waals surface area contributed by atoms with E-state index >= 15 is 0 Å². The van der Waals surface area contributed by atoms with Crippen molar-refractivity contribution in [2.45, 2.75) is 33.5 Å². The largest absolute Gasteiger partial charge is 0.493 e. The first kappa shape index (κ1) is 16.4. The van der Waals surface area contributed by atoms with E-state index in [0.717, 1.165) is 5.57 Å². The van der Waals surface area contributed by atoms with Crippen LogP contribution in [0.15, 0.2) is 24.3 Å². The molecule has 1 atom stereocenters. The van der Waals surface area contributed by atoms with Crippen molar-refractivity contribution >= 4 is 11.6 Å². The van der Waals surface area contributed by atoms with Gasteiger partial charge in [-0.2, -0.15) is 0 Å². The van der Waals surface area contributed by atoms with Gasteiger partial charge in [-0.05, 0) is 30.5 Å². The zero-order chi connectivity index (χ0) is 16.4.